The normalized spacial score (nSPS) is 13.3. The summed E-state index contributed by atoms with van der Waals surface area (Å²) in [6, 6.07) is 21.8. The van der Waals surface area contributed by atoms with Gasteiger partial charge in [0.1, 0.15) is 23.0 Å². The highest BCUT2D eigenvalue weighted by Crippen LogP contribution is 2.30. The summed E-state index contributed by atoms with van der Waals surface area (Å²) in [4.78, 5) is 39.6. The Balaban J connectivity index is 1.11. The number of ketones is 1. The number of anilines is 3. The van der Waals surface area contributed by atoms with Crippen LogP contribution in [0, 0.1) is 6.92 Å². The highest BCUT2D eigenvalue weighted by molar-refractivity contribution is 6.11. The summed E-state index contributed by atoms with van der Waals surface area (Å²) in [6.07, 6.45) is 3.41. The Hall–Kier alpha value is -5.18. The molecular weight excluding hydrogens is 518 g/mol. The first-order chi connectivity index (χ1) is 20.0. The second kappa shape index (κ2) is 11.1. The third kappa shape index (κ3) is 5.34. The van der Waals surface area contributed by atoms with Gasteiger partial charge in [0.05, 0.1) is 12.7 Å². The molecule has 1 saturated heterocycles. The molecule has 0 saturated carbocycles. The summed E-state index contributed by atoms with van der Waals surface area (Å²) < 4.78 is 11.1. The molecule has 3 aromatic heterocycles. The summed E-state index contributed by atoms with van der Waals surface area (Å²) >= 11 is 0. The molecule has 0 bridgehead atoms. The largest absolute Gasteiger partial charge is 0.497 e. The minimum atomic E-state index is -0.265. The average Bonchev–Trinajstić information content (AvgIpc) is 3.36. The fraction of sp³-hybridized carbons (Fsp3) is 0.188. The van der Waals surface area contributed by atoms with Crippen molar-refractivity contribution in [2.45, 2.75) is 6.92 Å². The second-order valence-corrected chi connectivity index (χ2v) is 9.85. The minimum absolute atomic E-state index is 0.212. The average molecular weight is 548 g/mol. The number of aromatic nitrogens is 2. The molecule has 0 atom stereocenters. The van der Waals surface area contributed by atoms with Gasteiger partial charge in [-0.2, -0.15) is 0 Å². The molecule has 1 aliphatic heterocycles. The van der Waals surface area contributed by atoms with E-state index in [1.165, 1.54) is 0 Å². The predicted octanol–water partition coefficient (Wildman–Crippen LogP) is 5.35. The monoisotopic (exact) mass is 547 g/mol. The molecule has 1 amide bonds. The molecule has 0 radical (unpaired) electrons. The molecular formula is C32H29N5O4. The van der Waals surface area contributed by atoms with Crippen molar-refractivity contribution in [3.63, 3.8) is 0 Å². The van der Waals surface area contributed by atoms with E-state index in [-0.39, 0.29) is 17.5 Å². The number of rotatable bonds is 7. The van der Waals surface area contributed by atoms with Gasteiger partial charge >= 0.3 is 0 Å². The Bertz CT molecular complexity index is 1690. The fourth-order valence-corrected chi connectivity index (χ4v) is 5.00. The van der Waals surface area contributed by atoms with E-state index in [0.29, 0.717) is 33.7 Å². The number of ether oxygens (including phenoxy) is 1. The molecule has 0 unspecified atom stereocenters. The molecule has 6 rings (SSSR count). The molecule has 1 aliphatic rings. The van der Waals surface area contributed by atoms with E-state index in [4.69, 9.17) is 9.15 Å². The van der Waals surface area contributed by atoms with Crippen LogP contribution >= 0.6 is 0 Å². The van der Waals surface area contributed by atoms with E-state index in [9.17, 15) is 9.59 Å². The van der Waals surface area contributed by atoms with E-state index in [0.717, 1.165) is 43.2 Å². The highest BCUT2D eigenvalue weighted by Gasteiger charge is 2.21. The Morgan fingerprint density at radius 1 is 0.854 bits per heavy atom. The Morgan fingerprint density at radius 3 is 2.20 bits per heavy atom. The number of methoxy groups -OCH3 is 1. The molecule has 0 spiro atoms. The highest BCUT2D eigenvalue weighted by atomic mass is 16.5. The van der Waals surface area contributed by atoms with E-state index < -0.39 is 0 Å². The van der Waals surface area contributed by atoms with Gasteiger partial charge in [0, 0.05) is 60.8 Å². The van der Waals surface area contributed by atoms with Crippen LogP contribution in [0.25, 0.3) is 11.0 Å². The van der Waals surface area contributed by atoms with Gasteiger partial charge in [-0.3, -0.25) is 9.59 Å². The van der Waals surface area contributed by atoms with Crippen LogP contribution in [0.3, 0.4) is 0 Å². The van der Waals surface area contributed by atoms with Crippen LogP contribution < -0.4 is 19.9 Å². The van der Waals surface area contributed by atoms with Crippen LogP contribution in [0.15, 0.2) is 89.6 Å². The van der Waals surface area contributed by atoms with Crippen molar-refractivity contribution in [2.75, 3.05) is 48.4 Å². The van der Waals surface area contributed by atoms with E-state index in [2.05, 4.69) is 25.1 Å². The number of fused-ring (bicyclic) bond motifs is 1. The van der Waals surface area contributed by atoms with Crippen LogP contribution in [0.5, 0.6) is 5.75 Å². The van der Waals surface area contributed by atoms with Gasteiger partial charge in [-0.1, -0.05) is 6.07 Å². The van der Waals surface area contributed by atoms with E-state index >= 15 is 0 Å². The summed E-state index contributed by atoms with van der Waals surface area (Å²) in [5, 5.41) is 3.70. The van der Waals surface area contributed by atoms with Crippen LogP contribution in [0.1, 0.15) is 32.0 Å². The number of furan rings is 1. The maximum Gasteiger partial charge on any atom is 0.257 e. The smallest absolute Gasteiger partial charge is 0.257 e. The molecule has 206 valence electrons. The molecule has 1 N–H and O–H groups in total. The van der Waals surface area contributed by atoms with Crippen LogP contribution in [-0.2, 0) is 0 Å². The van der Waals surface area contributed by atoms with Gasteiger partial charge in [0.15, 0.2) is 5.76 Å². The number of hydrogen-bond acceptors (Lipinski definition) is 8. The molecule has 5 aromatic rings. The molecule has 4 heterocycles. The summed E-state index contributed by atoms with van der Waals surface area (Å²) in [6.45, 7) is 5.19. The topological polar surface area (TPSA) is 101 Å². The lowest BCUT2D eigenvalue weighted by atomic mass is 10.0. The van der Waals surface area contributed by atoms with Crippen molar-refractivity contribution in [2.24, 2.45) is 0 Å². The standard InChI is InChI=1S/C32H29N5O4/c1-21-26-19-24(9-12-27(26)41-31(21)30(38)22-6-10-25(40-2)11-7-22)35-32(39)23-8-13-29(34-20-23)37-17-15-36(16-18-37)28-5-3-4-14-33-28/h3-14,19-20H,15-18H2,1-2H3,(H,35,39). The van der Waals surface area contributed by atoms with Crippen molar-refractivity contribution in [1.29, 1.82) is 0 Å². The Labute approximate surface area is 237 Å². The van der Waals surface area contributed by atoms with Crippen LogP contribution in [0.4, 0.5) is 17.3 Å². The lowest BCUT2D eigenvalue weighted by Crippen LogP contribution is -2.47. The van der Waals surface area contributed by atoms with Crippen LogP contribution in [0.2, 0.25) is 0 Å². The molecule has 41 heavy (non-hydrogen) atoms. The van der Waals surface area contributed by atoms with Crippen molar-refractivity contribution in [3.05, 3.63) is 108 Å². The first-order valence-corrected chi connectivity index (χ1v) is 13.4. The van der Waals surface area contributed by atoms with Crippen molar-refractivity contribution in [1.82, 2.24) is 9.97 Å². The first kappa shape index (κ1) is 26.1. The van der Waals surface area contributed by atoms with Crippen molar-refractivity contribution >= 4 is 40.0 Å². The van der Waals surface area contributed by atoms with E-state index in [1.807, 2.05) is 43.5 Å². The number of nitrogens with zero attached hydrogens (tertiary/aromatic N) is 4. The maximum atomic E-state index is 13.1. The number of aryl methyl sites for hydroxylation is 1. The fourth-order valence-electron chi connectivity index (χ4n) is 5.00. The quantitative estimate of drug-likeness (QED) is 0.272. The SMILES string of the molecule is COc1ccc(C(=O)c2oc3ccc(NC(=O)c4ccc(N5CCN(c6ccccn6)CC5)nc4)cc3c2C)cc1. The number of piperazine rings is 1. The molecule has 9 nitrogen and oxygen atoms in total. The zero-order valence-corrected chi connectivity index (χ0v) is 22.8. The summed E-state index contributed by atoms with van der Waals surface area (Å²) in [7, 11) is 1.58. The number of carbonyl (C=O) groups excluding carboxylic acids is 2. The van der Waals surface area contributed by atoms with E-state index in [1.54, 1.807) is 55.8 Å². The lowest BCUT2D eigenvalue weighted by molar-refractivity contribution is 0.101. The summed E-state index contributed by atoms with van der Waals surface area (Å²) in [5.74, 6) is 2.29. The summed E-state index contributed by atoms with van der Waals surface area (Å²) in [5.41, 5.74) is 2.86. The lowest BCUT2D eigenvalue weighted by Gasteiger charge is -2.36. The predicted molar refractivity (Wildman–Crippen MR) is 158 cm³/mol. The zero-order valence-electron chi connectivity index (χ0n) is 22.8. The number of benzene rings is 2. The van der Waals surface area contributed by atoms with Gasteiger partial charge in [-0.15, -0.1) is 0 Å². The molecule has 0 aliphatic carbocycles. The Morgan fingerprint density at radius 2 is 1.56 bits per heavy atom. The van der Waals surface area contributed by atoms with Gasteiger partial charge in [-0.25, -0.2) is 9.97 Å². The number of hydrogen-bond donors (Lipinski definition) is 1. The first-order valence-electron chi connectivity index (χ1n) is 13.4. The molecule has 2 aromatic carbocycles. The third-order valence-corrected chi connectivity index (χ3v) is 7.34. The second-order valence-electron chi connectivity index (χ2n) is 9.85. The zero-order chi connectivity index (χ0) is 28.3. The number of carbonyl (C=O) groups is 2. The third-order valence-electron chi connectivity index (χ3n) is 7.34. The van der Waals surface area contributed by atoms with Gasteiger partial charge in [-0.05, 0) is 73.7 Å². The van der Waals surface area contributed by atoms with Gasteiger partial charge < -0.3 is 24.3 Å². The minimum Gasteiger partial charge on any atom is -0.497 e. The maximum absolute atomic E-state index is 13.1. The van der Waals surface area contributed by atoms with Crippen molar-refractivity contribution < 1.29 is 18.7 Å². The number of nitrogens with one attached hydrogen (secondary N) is 1. The molecule has 9 heteroatoms. The number of amides is 1. The van der Waals surface area contributed by atoms with Crippen molar-refractivity contribution in [3.8, 4) is 5.75 Å². The van der Waals surface area contributed by atoms with Crippen LogP contribution in [-0.4, -0.2) is 54.9 Å². The van der Waals surface area contributed by atoms with Gasteiger partial charge in [0.25, 0.3) is 5.91 Å². The van der Waals surface area contributed by atoms with Gasteiger partial charge in [0.2, 0.25) is 5.78 Å². The Kier molecular flexibility index (Phi) is 7.08. The number of pyridine rings is 2. The molecule has 1 fully saturated rings.